The lowest BCUT2D eigenvalue weighted by Gasteiger charge is -2.35. The molecule has 0 saturated heterocycles. The van der Waals surface area contributed by atoms with E-state index in [0.717, 1.165) is 57.1 Å². The lowest BCUT2D eigenvalue weighted by molar-refractivity contribution is -0.107. The van der Waals surface area contributed by atoms with Crippen LogP contribution in [0, 0.1) is 0 Å². The summed E-state index contributed by atoms with van der Waals surface area (Å²) in [5.41, 5.74) is 5.21. The number of methoxy groups -OCH3 is 1. The molecule has 9 nitrogen and oxygen atoms in total. The highest BCUT2D eigenvalue weighted by Gasteiger charge is 2.35. The van der Waals surface area contributed by atoms with E-state index in [1.807, 2.05) is 71.1 Å². The lowest BCUT2D eigenvalue weighted by atomic mass is 9.98. The Labute approximate surface area is 275 Å². The van der Waals surface area contributed by atoms with Gasteiger partial charge in [-0.05, 0) is 75.1 Å². The molecule has 2 N–H and O–H groups in total. The van der Waals surface area contributed by atoms with Crippen molar-refractivity contribution in [3.05, 3.63) is 53.2 Å². The van der Waals surface area contributed by atoms with Crippen LogP contribution >= 0.6 is 22.7 Å². The van der Waals surface area contributed by atoms with E-state index in [1.54, 1.807) is 29.8 Å². The Balaban J connectivity index is 0.000000435. The van der Waals surface area contributed by atoms with Crippen LogP contribution in [0.2, 0.25) is 0 Å². The molecule has 1 atom stereocenters. The largest absolute Gasteiger partial charge is 0.444 e. The topological polar surface area (TPSA) is 106 Å². The molecule has 0 fully saturated rings. The number of hydrogen-bond acceptors (Lipinski definition) is 10. The normalized spacial score (nSPS) is 14.0. The molecule has 0 radical (unpaired) electrons. The van der Waals surface area contributed by atoms with Gasteiger partial charge in [0.15, 0.2) is 0 Å². The summed E-state index contributed by atoms with van der Waals surface area (Å²) >= 11 is 3.43. The zero-order valence-electron chi connectivity index (χ0n) is 27.7. The fraction of sp³-hybridized carbons (Fsp3) is 0.471. The van der Waals surface area contributed by atoms with E-state index in [1.165, 1.54) is 16.0 Å². The number of pyridine rings is 1. The van der Waals surface area contributed by atoms with E-state index >= 15 is 0 Å². The molecule has 0 aliphatic carbocycles. The molecule has 4 heterocycles. The molecule has 1 unspecified atom stereocenters. The first kappa shape index (κ1) is 36.1. The summed E-state index contributed by atoms with van der Waals surface area (Å²) in [6.45, 7) is 14.7. The smallest absolute Gasteiger partial charge is 0.410 e. The van der Waals surface area contributed by atoms with E-state index in [2.05, 4.69) is 40.7 Å². The highest BCUT2D eigenvalue weighted by atomic mass is 32.1. The van der Waals surface area contributed by atoms with Crippen molar-refractivity contribution in [3.63, 3.8) is 0 Å². The van der Waals surface area contributed by atoms with Crippen LogP contribution in [0.3, 0.4) is 0 Å². The Morgan fingerprint density at radius 1 is 1.11 bits per heavy atom. The molecular weight excluding hydrogens is 607 g/mol. The monoisotopic (exact) mass is 653 g/mol. The van der Waals surface area contributed by atoms with Crippen LogP contribution in [0.4, 0.5) is 9.80 Å². The number of anilines is 1. The second-order valence-corrected chi connectivity index (χ2v) is 13.2. The van der Waals surface area contributed by atoms with Gasteiger partial charge in [-0.3, -0.25) is 4.98 Å². The average Bonchev–Trinajstić information content (AvgIpc) is 3.63. The van der Waals surface area contributed by atoms with Gasteiger partial charge in [0.05, 0.1) is 27.9 Å². The van der Waals surface area contributed by atoms with Crippen LogP contribution in [-0.2, 0) is 20.7 Å². The molecule has 3 aromatic heterocycles. The third-order valence-corrected chi connectivity index (χ3v) is 9.35. The molecular formula is C34H47N5O4S2. The molecule has 45 heavy (non-hydrogen) atoms. The van der Waals surface area contributed by atoms with Gasteiger partial charge in [-0.25, -0.2) is 9.78 Å². The predicted molar refractivity (Wildman–Crippen MR) is 188 cm³/mol. The van der Waals surface area contributed by atoms with Crippen LogP contribution < -0.4 is 10.6 Å². The first-order valence-electron chi connectivity index (χ1n) is 15.4. The number of nitrogens with one attached hydrogen (secondary N) is 2. The molecule has 0 bridgehead atoms. The molecule has 1 amide bonds. The second kappa shape index (κ2) is 17.4. The Kier molecular flexibility index (Phi) is 13.9. The summed E-state index contributed by atoms with van der Waals surface area (Å²) in [6, 6.07) is 10.4. The molecule has 5 rings (SSSR count). The third kappa shape index (κ3) is 9.56. The maximum atomic E-state index is 12.8. The van der Waals surface area contributed by atoms with Crippen molar-refractivity contribution in [1.29, 1.82) is 0 Å². The van der Waals surface area contributed by atoms with Crippen molar-refractivity contribution in [3.8, 4) is 21.7 Å². The van der Waals surface area contributed by atoms with Gasteiger partial charge in [0.1, 0.15) is 16.9 Å². The molecule has 0 saturated carbocycles. The Bertz CT molecular complexity index is 1510. The SMILES string of the molecule is CC.CNc1sc2c(c1-c1nc3cc(-c4ccncc4)ccc3s1)CCN(C(=O)OC(C)(C)C)C2C.COCCNCCC=O. The van der Waals surface area contributed by atoms with Crippen molar-refractivity contribution in [2.45, 2.75) is 66.0 Å². The summed E-state index contributed by atoms with van der Waals surface area (Å²) in [6.07, 6.45) is 5.64. The molecule has 1 aliphatic rings. The van der Waals surface area contributed by atoms with Gasteiger partial charge in [-0.2, -0.15) is 0 Å². The zero-order chi connectivity index (χ0) is 33.0. The van der Waals surface area contributed by atoms with Crippen molar-refractivity contribution < 1.29 is 19.1 Å². The van der Waals surface area contributed by atoms with E-state index in [0.29, 0.717) is 19.6 Å². The Morgan fingerprint density at radius 2 is 1.84 bits per heavy atom. The molecule has 0 spiro atoms. The number of ether oxygens (including phenoxy) is 2. The van der Waals surface area contributed by atoms with Crippen molar-refractivity contribution in [1.82, 2.24) is 20.2 Å². The number of aromatic nitrogens is 2. The van der Waals surface area contributed by atoms with Gasteiger partial charge in [0, 0.05) is 63.0 Å². The highest BCUT2D eigenvalue weighted by Crippen LogP contribution is 2.48. The number of carbonyl (C=O) groups excluding carboxylic acids is 2. The van der Waals surface area contributed by atoms with Gasteiger partial charge in [-0.15, -0.1) is 22.7 Å². The maximum absolute atomic E-state index is 12.8. The van der Waals surface area contributed by atoms with Crippen LogP contribution in [0.15, 0.2) is 42.7 Å². The molecule has 1 aromatic carbocycles. The first-order valence-corrected chi connectivity index (χ1v) is 17.1. The minimum atomic E-state index is -0.510. The van der Waals surface area contributed by atoms with Gasteiger partial charge in [0.25, 0.3) is 0 Å². The summed E-state index contributed by atoms with van der Waals surface area (Å²) in [5, 5.41) is 8.52. The van der Waals surface area contributed by atoms with E-state index < -0.39 is 5.60 Å². The number of thiazole rings is 1. The van der Waals surface area contributed by atoms with E-state index in [4.69, 9.17) is 14.5 Å². The van der Waals surface area contributed by atoms with Crippen molar-refractivity contribution in [2.75, 3.05) is 45.7 Å². The fourth-order valence-electron chi connectivity index (χ4n) is 4.83. The minimum absolute atomic E-state index is 0.0443. The first-order chi connectivity index (χ1) is 21.7. The number of rotatable bonds is 9. The second-order valence-electron chi connectivity index (χ2n) is 11.1. The molecule has 1 aliphatic heterocycles. The summed E-state index contributed by atoms with van der Waals surface area (Å²) < 4.78 is 11.6. The maximum Gasteiger partial charge on any atom is 0.410 e. The number of fused-ring (bicyclic) bond motifs is 2. The van der Waals surface area contributed by atoms with Crippen LogP contribution in [0.5, 0.6) is 0 Å². The highest BCUT2D eigenvalue weighted by molar-refractivity contribution is 7.22. The fourth-order valence-corrected chi connectivity index (χ4v) is 7.19. The Morgan fingerprint density at radius 3 is 2.49 bits per heavy atom. The average molecular weight is 654 g/mol. The standard InChI is InChI=1S/C26H28N4O2S2.C6H13NO2.C2H6/c1-15-22-18(10-13-30(15)25(31)32-26(2,3)4)21(23(27-5)34-22)24-29-19-14-17(6-7-20(19)33-24)16-8-11-28-12-9-16;1-9-6-4-7-3-2-5-8;1-2/h6-9,11-12,14-15,27H,10,13H2,1-5H3;5,7H,2-4,6H2,1H3;1-2H3. The number of carbonyl (C=O) groups is 2. The molecule has 244 valence electrons. The number of benzene rings is 1. The summed E-state index contributed by atoms with van der Waals surface area (Å²) in [4.78, 5) is 34.8. The zero-order valence-corrected chi connectivity index (χ0v) is 29.4. The van der Waals surface area contributed by atoms with Gasteiger partial charge < -0.3 is 29.8 Å². The van der Waals surface area contributed by atoms with E-state index in [-0.39, 0.29) is 12.1 Å². The van der Waals surface area contributed by atoms with Crippen LogP contribution in [0.1, 0.15) is 64.4 Å². The quantitative estimate of drug-likeness (QED) is 0.139. The molecule has 4 aromatic rings. The predicted octanol–water partition coefficient (Wildman–Crippen LogP) is 7.82. The number of hydrogen-bond donors (Lipinski definition) is 2. The van der Waals surface area contributed by atoms with Crippen molar-refractivity contribution >= 4 is 50.3 Å². The van der Waals surface area contributed by atoms with Gasteiger partial charge >= 0.3 is 6.09 Å². The van der Waals surface area contributed by atoms with Gasteiger partial charge in [-0.1, -0.05) is 19.9 Å². The number of aldehydes is 1. The molecule has 11 heteroatoms. The van der Waals surface area contributed by atoms with Crippen LogP contribution in [0.25, 0.3) is 31.9 Å². The third-order valence-electron chi connectivity index (χ3n) is 6.88. The summed E-state index contributed by atoms with van der Waals surface area (Å²) in [5.74, 6) is 0. The number of thiophene rings is 1. The lowest BCUT2D eigenvalue weighted by Crippen LogP contribution is -2.41. The Hall–Kier alpha value is -3.38. The van der Waals surface area contributed by atoms with Crippen LogP contribution in [-0.4, -0.2) is 73.2 Å². The van der Waals surface area contributed by atoms with Crippen molar-refractivity contribution in [2.24, 2.45) is 0 Å². The summed E-state index contributed by atoms with van der Waals surface area (Å²) in [7, 11) is 3.60. The minimum Gasteiger partial charge on any atom is -0.444 e. The number of amides is 1. The number of nitrogens with zero attached hydrogens (tertiary/aromatic N) is 3. The van der Waals surface area contributed by atoms with E-state index in [9.17, 15) is 9.59 Å². The van der Waals surface area contributed by atoms with Gasteiger partial charge in [0.2, 0.25) is 0 Å².